The fourth-order valence-electron chi connectivity index (χ4n) is 3.06. The lowest BCUT2D eigenvalue weighted by molar-refractivity contribution is -0.116. The fourth-order valence-corrected chi connectivity index (χ4v) is 4.05. The van der Waals surface area contributed by atoms with E-state index in [4.69, 9.17) is 4.52 Å². The number of fused-ring (bicyclic) bond motifs is 1. The molecule has 29 heavy (non-hydrogen) atoms. The molecule has 0 aliphatic heterocycles. The van der Waals surface area contributed by atoms with Gasteiger partial charge in [-0.25, -0.2) is 4.98 Å². The predicted molar refractivity (Wildman–Crippen MR) is 111 cm³/mol. The molecule has 1 N–H and O–H groups in total. The standard InChI is InChI=1S/C20H19N5O3S/c1-11-12(2)29-19-17(11)20(27)25(10-21-19)9-8-16(26)23-15-7-5-4-6-14(15)18-22-13(3)28-24-18/h4-7,10H,8-9H2,1-3H3,(H,23,26). The molecule has 8 nitrogen and oxygen atoms in total. The molecule has 0 spiro atoms. The van der Waals surface area contributed by atoms with Crippen molar-refractivity contribution in [1.82, 2.24) is 19.7 Å². The maximum Gasteiger partial charge on any atom is 0.262 e. The molecule has 0 radical (unpaired) electrons. The Bertz CT molecular complexity index is 1270. The number of benzene rings is 1. The van der Waals surface area contributed by atoms with Crippen molar-refractivity contribution >= 4 is 33.1 Å². The number of aromatic nitrogens is 4. The zero-order valence-electron chi connectivity index (χ0n) is 16.2. The summed E-state index contributed by atoms with van der Waals surface area (Å²) in [4.78, 5) is 35.6. The lowest BCUT2D eigenvalue weighted by Crippen LogP contribution is -2.23. The molecule has 3 heterocycles. The Morgan fingerprint density at radius 2 is 2.03 bits per heavy atom. The summed E-state index contributed by atoms with van der Waals surface area (Å²) in [7, 11) is 0. The first kappa shape index (κ1) is 19.0. The highest BCUT2D eigenvalue weighted by Gasteiger charge is 2.15. The third-order valence-corrected chi connectivity index (χ3v) is 5.82. The van der Waals surface area contributed by atoms with Crippen LogP contribution in [0.1, 0.15) is 22.8 Å². The Balaban J connectivity index is 1.51. The van der Waals surface area contributed by atoms with Crippen LogP contribution in [0.3, 0.4) is 0 Å². The SMILES string of the molecule is Cc1nc(-c2ccccc2NC(=O)CCn2cnc3sc(C)c(C)c3c2=O)no1. The number of nitrogens with one attached hydrogen (secondary N) is 1. The number of carbonyl (C=O) groups is 1. The van der Waals surface area contributed by atoms with E-state index in [2.05, 4.69) is 20.4 Å². The smallest absolute Gasteiger partial charge is 0.262 e. The number of thiophene rings is 1. The van der Waals surface area contributed by atoms with Crippen molar-refractivity contribution in [1.29, 1.82) is 0 Å². The summed E-state index contributed by atoms with van der Waals surface area (Å²) >= 11 is 1.51. The van der Waals surface area contributed by atoms with E-state index in [1.807, 2.05) is 32.0 Å². The first-order valence-corrected chi connectivity index (χ1v) is 9.90. The van der Waals surface area contributed by atoms with Gasteiger partial charge in [0.25, 0.3) is 5.56 Å². The number of rotatable bonds is 5. The van der Waals surface area contributed by atoms with E-state index in [-0.39, 0.29) is 24.4 Å². The number of hydrogen-bond donors (Lipinski definition) is 1. The third kappa shape index (κ3) is 3.68. The minimum Gasteiger partial charge on any atom is -0.339 e. The van der Waals surface area contributed by atoms with E-state index in [0.29, 0.717) is 28.4 Å². The average molecular weight is 409 g/mol. The molecule has 0 aliphatic carbocycles. The van der Waals surface area contributed by atoms with Crippen LogP contribution in [0.4, 0.5) is 5.69 Å². The summed E-state index contributed by atoms with van der Waals surface area (Å²) in [5.74, 6) is 0.637. The molecule has 0 saturated carbocycles. The molecular formula is C20H19N5O3S. The molecule has 0 saturated heterocycles. The Hall–Kier alpha value is -3.33. The fraction of sp³-hybridized carbons (Fsp3) is 0.250. The molecule has 0 atom stereocenters. The van der Waals surface area contributed by atoms with Crippen LogP contribution in [0.15, 0.2) is 39.9 Å². The molecule has 0 bridgehead atoms. The van der Waals surface area contributed by atoms with Gasteiger partial charge in [-0.2, -0.15) is 4.98 Å². The number of para-hydroxylation sites is 1. The topological polar surface area (TPSA) is 103 Å². The summed E-state index contributed by atoms with van der Waals surface area (Å²) in [6, 6.07) is 7.23. The molecule has 1 aromatic carbocycles. The molecule has 4 aromatic rings. The summed E-state index contributed by atoms with van der Waals surface area (Å²) in [5, 5.41) is 7.41. The van der Waals surface area contributed by atoms with Crippen molar-refractivity contribution in [2.24, 2.45) is 0 Å². The lowest BCUT2D eigenvalue weighted by atomic mass is 10.1. The van der Waals surface area contributed by atoms with Crippen molar-refractivity contribution < 1.29 is 9.32 Å². The summed E-state index contributed by atoms with van der Waals surface area (Å²) in [6.07, 6.45) is 1.64. The predicted octanol–water partition coefficient (Wildman–Crippen LogP) is 3.46. The zero-order valence-corrected chi connectivity index (χ0v) is 17.0. The second kappa shape index (κ2) is 7.59. The quantitative estimate of drug-likeness (QED) is 0.541. The average Bonchev–Trinajstić information content (AvgIpc) is 3.25. The van der Waals surface area contributed by atoms with Gasteiger partial charge in [0.2, 0.25) is 17.6 Å². The summed E-state index contributed by atoms with van der Waals surface area (Å²) in [6.45, 7) is 5.84. The van der Waals surface area contributed by atoms with Crippen LogP contribution < -0.4 is 10.9 Å². The van der Waals surface area contributed by atoms with E-state index in [0.717, 1.165) is 15.3 Å². The van der Waals surface area contributed by atoms with Crippen molar-refractivity contribution in [3.05, 3.63) is 57.3 Å². The van der Waals surface area contributed by atoms with Gasteiger partial charge in [0.15, 0.2) is 0 Å². The van der Waals surface area contributed by atoms with Crippen LogP contribution in [-0.2, 0) is 11.3 Å². The van der Waals surface area contributed by atoms with Crippen molar-refractivity contribution in [3.63, 3.8) is 0 Å². The second-order valence-electron chi connectivity index (χ2n) is 6.69. The highest BCUT2D eigenvalue weighted by Crippen LogP contribution is 2.26. The number of carbonyl (C=O) groups excluding carboxylic acids is 1. The van der Waals surface area contributed by atoms with Gasteiger partial charge in [0, 0.05) is 30.3 Å². The zero-order chi connectivity index (χ0) is 20.5. The Morgan fingerprint density at radius 3 is 2.79 bits per heavy atom. The maximum absolute atomic E-state index is 12.7. The van der Waals surface area contributed by atoms with Gasteiger partial charge >= 0.3 is 0 Å². The van der Waals surface area contributed by atoms with Crippen LogP contribution in [-0.4, -0.2) is 25.6 Å². The van der Waals surface area contributed by atoms with Gasteiger partial charge in [-0.15, -0.1) is 11.3 Å². The molecular weight excluding hydrogens is 390 g/mol. The number of anilines is 1. The minimum absolute atomic E-state index is 0.118. The van der Waals surface area contributed by atoms with Crippen LogP contribution in [0.2, 0.25) is 0 Å². The third-order valence-electron chi connectivity index (χ3n) is 4.71. The van der Waals surface area contributed by atoms with E-state index < -0.39 is 0 Å². The molecule has 4 rings (SSSR count). The number of hydrogen-bond acceptors (Lipinski definition) is 7. The van der Waals surface area contributed by atoms with Crippen molar-refractivity contribution in [2.75, 3.05) is 5.32 Å². The molecule has 0 fully saturated rings. The highest BCUT2D eigenvalue weighted by atomic mass is 32.1. The van der Waals surface area contributed by atoms with E-state index in [1.165, 1.54) is 22.2 Å². The number of aryl methyl sites for hydroxylation is 4. The van der Waals surface area contributed by atoms with Gasteiger partial charge in [0.05, 0.1) is 17.4 Å². The van der Waals surface area contributed by atoms with Gasteiger partial charge in [-0.3, -0.25) is 14.2 Å². The van der Waals surface area contributed by atoms with Crippen LogP contribution in [0, 0.1) is 20.8 Å². The lowest BCUT2D eigenvalue weighted by Gasteiger charge is -2.09. The van der Waals surface area contributed by atoms with Gasteiger partial charge in [-0.1, -0.05) is 17.3 Å². The van der Waals surface area contributed by atoms with E-state index in [1.54, 1.807) is 13.0 Å². The molecule has 0 aliphatic rings. The van der Waals surface area contributed by atoms with Crippen LogP contribution in [0.5, 0.6) is 0 Å². The van der Waals surface area contributed by atoms with E-state index in [9.17, 15) is 9.59 Å². The summed E-state index contributed by atoms with van der Waals surface area (Å²) in [5.41, 5.74) is 2.09. The second-order valence-corrected chi connectivity index (χ2v) is 7.89. The van der Waals surface area contributed by atoms with Crippen LogP contribution in [0.25, 0.3) is 21.6 Å². The monoisotopic (exact) mass is 409 g/mol. The largest absolute Gasteiger partial charge is 0.339 e. The van der Waals surface area contributed by atoms with Crippen molar-refractivity contribution in [2.45, 2.75) is 33.7 Å². The van der Waals surface area contributed by atoms with Crippen LogP contribution >= 0.6 is 11.3 Å². The van der Waals surface area contributed by atoms with Gasteiger partial charge in [-0.05, 0) is 31.5 Å². The van der Waals surface area contributed by atoms with E-state index >= 15 is 0 Å². The Labute approximate surface area is 170 Å². The summed E-state index contributed by atoms with van der Waals surface area (Å²) < 4.78 is 6.51. The normalized spacial score (nSPS) is 11.1. The molecule has 3 aromatic heterocycles. The van der Waals surface area contributed by atoms with Gasteiger partial charge < -0.3 is 9.84 Å². The highest BCUT2D eigenvalue weighted by molar-refractivity contribution is 7.18. The Kier molecular flexibility index (Phi) is 4.98. The van der Waals surface area contributed by atoms with Gasteiger partial charge in [0.1, 0.15) is 4.83 Å². The number of nitrogens with zero attached hydrogens (tertiary/aromatic N) is 4. The first-order valence-electron chi connectivity index (χ1n) is 9.08. The Morgan fingerprint density at radius 1 is 1.24 bits per heavy atom. The first-order chi connectivity index (χ1) is 13.9. The van der Waals surface area contributed by atoms with Crippen molar-refractivity contribution in [3.8, 4) is 11.4 Å². The molecule has 0 unspecified atom stereocenters. The molecule has 1 amide bonds. The molecule has 9 heteroatoms. The maximum atomic E-state index is 12.7. The molecule has 148 valence electrons. The minimum atomic E-state index is -0.220. The number of amides is 1.